The van der Waals surface area contributed by atoms with E-state index in [1.165, 1.54) is 25.3 Å². The van der Waals surface area contributed by atoms with E-state index in [0.29, 0.717) is 6.42 Å². The van der Waals surface area contributed by atoms with Gasteiger partial charge in [-0.1, -0.05) is 36.4 Å². The molecule has 3 aromatic rings. The largest absolute Gasteiger partial charge is 0.497 e. The smallest absolute Gasteiger partial charge is 0.340 e. The van der Waals surface area contributed by atoms with Crippen LogP contribution in [0.15, 0.2) is 72.8 Å². The summed E-state index contributed by atoms with van der Waals surface area (Å²) in [5.74, 6) is -1.57. The maximum absolute atomic E-state index is 12.6. The second-order valence-corrected chi connectivity index (χ2v) is 7.60. The molecule has 0 aromatic heterocycles. The lowest BCUT2D eigenvalue weighted by Gasteiger charge is -2.12. The maximum atomic E-state index is 12.6. The average molecular weight is 491 g/mol. The lowest BCUT2D eigenvalue weighted by Crippen LogP contribution is -2.23. The fourth-order valence-corrected chi connectivity index (χ4v) is 3.31. The van der Waals surface area contributed by atoms with Crippen LogP contribution < -0.4 is 15.4 Å². The Morgan fingerprint density at radius 2 is 1.25 bits per heavy atom. The number of aryl methyl sites for hydroxylation is 1. The molecule has 2 amide bonds. The van der Waals surface area contributed by atoms with E-state index in [9.17, 15) is 19.2 Å². The van der Waals surface area contributed by atoms with Gasteiger partial charge >= 0.3 is 11.9 Å². The molecule has 0 fully saturated rings. The van der Waals surface area contributed by atoms with E-state index in [1.54, 1.807) is 37.4 Å². The van der Waals surface area contributed by atoms with Gasteiger partial charge in [0.05, 0.1) is 36.7 Å². The number of methoxy groups -OCH3 is 2. The molecular weight excluding hydrogens is 464 g/mol. The van der Waals surface area contributed by atoms with E-state index in [4.69, 9.17) is 14.2 Å². The molecule has 0 radical (unpaired) electrons. The van der Waals surface area contributed by atoms with Gasteiger partial charge in [-0.3, -0.25) is 9.59 Å². The summed E-state index contributed by atoms with van der Waals surface area (Å²) in [6.45, 7) is -0.589. The number of carbonyl (C=O) groups is 4. The summed E-state index contributed by atoms with van der Waals surface area (Å²) in [4.78, 5) is 49.3. The zero-order valence-electron chi connectivity index (χ0n) is 19.9. The maximum Gasteiger partial charge on any atom is 0.340 e. The normalized spacial score (nSPS) is 10.2. The third-order valence-corrected chi connectivity index (χ3v) is 5.16. The van der Waals surface area contributed by atoms with Crippen molar-refractivity contribution in [1.82, 2.24) is 0 Å². The van der Waals surface area contributed by atoms with Crippen LogP contribution in [0.4, 0.5) is 11.4 Å². The minimum atomic E-state index is -0.780. The van der Waals surface area contributed by atoms with E-state index in [1.807, 2.05) is 24.3 Å². The monoisotopic (exact) mass is 490 g/mol. The van der Waals surface area contributed by atoms with E-state index >= 15 is 0 Å². The topological polar surface area (TPSA) is 120 Å². The average Bonchev–Trinajstić information content (AvgIpc) is 2.91. The van der Waals surface area contributed by atoms with E-state index < -0.39 is 24.5 Å². The minimum Gasteiger partial charge on any atom is -0.497 e. The van der Waals surface area contributed by atoms with Crippen LogP contribution in [0.25, 0.3) is 0 Å². The number of rotatable bonds is 10. The van der Waals surface area contributed by atoms with Crippen molar-refractivity contribution in [3.05, 3.63) is 89.5 Å². The quantitative estimate of drug-likeness (QED) is 0.414. The van der Waals surface area contributed by atoms with Crippen molar-refractivity contribution in [2.75, 3.05) is 31.5 Å². The SMILES string of the molecule is COC(=O)c1ccccc1NC(=O)COC(=O)c1ccccc1NC(=O)CCc1ccc(OC)cc1. The highest BCUT2D eigenvalue weighted by atomic mass is 16.5. The number of ether oxygens (including phenoxy) is 3. The van der Waals surface area contributed by atoms with Crippen LogP contribution in [0.5, 0.6) is 5.75 Å². The van der Waals surface area contributed by atoms with E-state index in [2.05, 4.69) is 10.6 Å². The highest BCUT2D eigenvalue weighted by molar-refractivity contribution is 6.04. The predicted molar refractivity (Wildman–Crippen MR) is 133 cm³/mol. The standard InChI is InChI=1S/C27H26N2O7/c1-34-19-14-11-18(12-15-19)13-16-24(30)28-23-10-6-4-8-21(23)27(33)36-17-25(31)29-22-9-5-3-7-20(22)26(32)35-2/h3-12,14-15H,13,16-17H2,1-2H3,(H,28,30)(H,29,31). The molecule has 9 heteroatoms. The number of esters is 2. The molecule has 2 N–H and O–H groups in total. The van der Waals surface area contributed by atoms with Gasteiger partial charge in [0.1, 0.15) is 5.75 Å². The van der Waals surface area contributed by atoms with Gasteiger partial charge in [-0.15, -0.1) is 0 Å². The lowest BCUT2D eigenvalue weighted by atomic mass is 10.1. The minimum absolute atomic E-state index is 0.109. The Morgan fingerprint density at radius 3 is 1.83 bits per heavy atom. The number of anilines is 2. The summed E-state index contributed by atoms with van der Waals surface area (Å²) in [7, 11) is 2.82. The van der Waals surface area contributed by atoms with E-state index in [-0.39, 0.29) is 34.8 Å². The van der Waals surface area contributed by atoms with Gasteiger partial charge in [0.15, 0.2) is 6.61 Å². The molecule has 0 unspecified atom stereocenters. The Kier molecular flexibility index (Phi) is 9.16. The first-order valence-electron chi connectivity index (χ1n) is 11.1. The van der Waals surface area contributed by atoms with Crippen LogP contribution in [0, 0.1) is 0 Å². The molecule has 0 heterocycles. The number of carbonyl (C=O) groups excluding carboxylic acids is 4. The molecule has 0 saturated carbocycles. The molecule has 0 spiro atoms. The molecular formula is C27H26N2O7. The van der Waals surface area contributed by atoms with Crippen LogP contribution >= 0.6 is 0 Å². The highest BCUT2D eigenvalue weighted by Crippen LogP contribution is 2.19. The van der Waals surface area contributed by atoms with Crippen LogP contribution in [0.2, 0.25) is 0 Å². The Labute approximate surface area is 208 Å². The van der Waals surface area contributed by atoms with Crippen LogP contribution in [0.1, 0.15) is 32.7 Å². The van der Waals surface area contributed by atoms with Gasteiger partial charge in [-0.2, -0.15) is 0 Å². The van der Waals surface area contributed by atoms with Crippen LogP contribution in [-0.2, 0) is 25.5 Å². The highest BCUT2D eigenvalue weighted by Gasteiger charge is 2.18. The Balaban J connectivity index is 1.56. The molecule has 186 valence electrons. The molecule has 0 bridgehead atoms. The van der Waals surface area contributed by atoms with Crippen molar-refractivity contribution in [2.24, 2.45) is 0 Å². The molecule has 3 aromatic carbocycles. The van der Waals surface area contributed by atoms with Crippen LogP contribution in [0.3, 0.4) is 0 Å². The molecule has 0 atom stereocenters. The third-order valence-electron chi connectivity index (χ3n) is 5.16. The van der Waals surface area contributed by atoms with Gasteiger partial charge in [-0.05, 0) is 48.4 Å². The van der Waals surface area contributed by atoms with Crippen molar-refractivity contribution < 1.29 is 33.4 Å². The van der Waals surface area contributed by atoms with Crippen molar-refractivity contribution in [2.45, 2.75) is 12.8 Å². The van der Waals surface area contributed by atoms with Gasteiger partial charge in [0.25, 0.3) is 5.91 Å². The zero-order valence-corrected chi connectivity index (χ0v) is 19.9. The fraction of sp³-hybridized carbons (Fsp3) is 0.185. The van der Waals surface area contributed by atoms with Gasteiger partial charge in [-0.25, -0.2) is 9.59 Å². The summed E-state index contributed by atoms with van der Waals surface area (Å²) in [6.07, 6.45) is 0.716. The first-order valence-corrected chi connectivity index (χ1v) is 11.1. The summed E-state index contributed by atoms with van der Waals surface area (Å²) in [6, 6.07) is 20.1. The predicted octanol–water partition coefficient (Wildman–Crippen LogP) is 3.85. The molecule has 0 aliphatic carbocycles. The summed E-state index contributed by atoms with van der Waals surface area (Å²) in [5, 5.41) is 5.25. The van der Waals surface area contributed by atoms with Crippen molar-refractivity contribution in [1.29, 1.82) is 0 Å². The lowest BCUT2D eigenvalue weighted by molar-refractivity contribution is -0.119. The summed E-state index contributed by atoms with van der Waals surface area (Å²) < 4.78 is 15.0. The van der Waals surface area contributed by atoms with Crippen molar-refractivity contribution in [3.63, 3.8) is 0 Å². The molecule has 0 aliphatic heterocycles. The number of hydrogen-bond donors (Lipinski definition) is 2. The second kappa shape index (κ2) is 12.7. The van der Waals surface area contributed by atoms with Crippen LogP contribution in [-0.4, -0.2) is 44.6 Å². The molecule has 9 nitrogen and oxygen atoms in total. The summed E-state index contributed by atoms with van der Waals surface area (Å²) in [5.41, 5.74) is 1.76. The first-order chi connectivity index (χ1) is 17.4. The fourth-order valence-electron chi connectivity index (χ4n) is 3.31. The molecule has 0 saturated heterocycles. The van der Waals surface area contributed by atoms with Gasteiger partial charge in [0, 0.05) is 6.42 Å². The second-order valence-electron chi connectivity index (χ2n) is 7.60. The Bertz CT molecular complexity index is 1240. The number of hydrogen-bond acceptors (Lipinski definition) is 7. The number of benzene rings is 3. The molecule has 0 aliphatic rings. The van der Waals surface area contributed by atoms with Crippen molar-refractivity contribution in [3.8, 4) is 5.75 Å². The Morgan fingerprint density at radius 1 is 0.694 bits per heavy atom. The van der Waals surface area contributed by atoms with Gasteiger partial charge < -0.3 is 24.8 Å². The number of amides is 2. The van der Waals surface area contributed by atoms with E-state index in [0.717, 1.165) is 11.3 Å². The number of nitrogens with one attached hydrogen (secondary N) is 2. The van der Waals surface area contributed by atoms with Crippen molar-refractivity contribution >= 4 is 35.1 Å². The first kappa shape index (κ1) is 26.0. The third kappa shape index (κ3) is 7.17. The summed E-state index contributed by atoms with van der Waals surface area (Å²) >= 11 is 0. The Hall–Kier alpha value is -4.66. The zero-order chi connectivity index (χ0) is 25.9. The van der Waals surface area contributed by atoms with Gasteiger partial charge in [0.2, 0.25) is 5.91 Å². The molecule has 3 rings (SSSR count). The molecule has 36 heavy (non-hydrogen) atoms. The number of para-hydroxylation sites is 2.